The summed E-state index contributed by atoms with van der Waals surface area (Å²) in [5.41, 5.74) is 9.14. The number of nitrogens with zero attached hydrogens (tertiary/aromatic N) is 4. The average Bonchev–Trinajstić information content (AvgIpc) is 3.67. The molecule has 2 aromatic carbocycles. The summed E-state index contributed by atoms with van der Waals surface area (Å²) in [6.07, 6.45) is 8.15. The van der Waals surface area contributed by atoms with Crippen molar-refractivity contribution >= 4 is 17.6 Å². The van der Waals surface area contributed by atoms with Gasteiger partial charge >= 0.3 is 5.97 Å². The van der Waals surface area contributed by atoms with E-state index in [0.29, 0.717) is 35.7 Å². The molecule has 2 aromatic heterocycles. The van der Waals surface area contributed by atoms with Crippen LogP contribution in [0.2, 0.25) is 0 Å². The second-order valence-corrected chi connectivity index (χ2v) is 12.5. The van der Waals surface area contributed by atoms with Crippen LogP contribution in [0, 0.1) is 12.8 Å². The van der Waals surface area contributed by atoms with Crippen molar-refractivity contribution in [2.75, 3.05) is 18.4 Å². The number of likely N-dealkylation sites (tertiary alicyclic amines) is 1. The zero-order chi connectivity index (χ0) is 30.4. The van der Waals surface area contributed by atoms with Gasteiger partial charge in [-0.25, -0.2) is 14.5 Å². The van der Waals surface area contributed by atoms with E-state index in [-0.39, 0.29) is 11.6 Å². The highest BCUT2D eigenvalue weighted by Gasteiger charge is 2.35. The standard InChI is InChI=1S/C36H39N5O3/c1-3-32-28(36(43)44)21-37-41(32)33-9-5-8-30(39-33)27-7-4-6-24-12-15-31(34(24)27)38-29-14-13-26(20-22(29)2)23-16-18-40(19-17-23)35(42)25-10-11-25/h4-9,13-14,20-21,23,25,31,38H,3,10-12,15-19H2,1-2H3,(H,43,44). The van der Waals surface area contributed by atoms with Crippen LogP contribution < -0.4 is 5.32 Å². The Kier molecular flexibility index (Phi) is 7.44. The molecule has 1 unspecified atom stereocenters. The van der Waals surface area contributed by atoms with Gasteiger partial charge in [-0.1, -0.05) is 43.3 Å². The maximum absolute atomic E-state index is 12.5. The number of aromatic carboxylic acids is 1. The van der Waals surface area contributed by atoms with E-state index >= 15 is 0 Å². The molecular formula is C36H39N5O3. The molecule has 4 aromatic rings. The Morgan fingerprint density at radius 3 is 2.52 bits per heavy atom. The third kappa shape index (κ3) is 5.27. The van der Waals surface area contributed by atoms with Gasteiger partial charge in [-0.3, -0.25) is 4.79 Å². The number of anilines is 1. The third-order valence-corrected chi connectivity index (χ3v) is 9.69. The number of carboxylic acid groups (broad SMARTS) is 1. The first-order valence-electron chi connectivity index (χ1n) is 16.0. The van der Waals surface area contributed by atoms with Crippen molar-refractivity contribution in [1.29, 1.82) is 0 Å². The fraction of sp³-hybridized carbons (Fsp3) is 0.389. The van der Waals surface area contributed by atoms with E-state index in [1.807, 2.05) is 25.1 Å². The van der Waals surface area contributed by atoms with Crippen LogP contribution in [0.5, 0.6) is 0 Å². The van der Waals surface area contributed by atoms with Crippen molar-refractivity contribution in [3.8, 4) is 17.1 Å². The molecule has 0 bridgehead atoms. The normalized spacial score (nSPS) is 18.3. The van der Waals surface area contributed by atoms with Crippen molar-refractivity contribution in [3.63, 3.8) is 0 Å². The number of benzene rings is 2. The van der Waals surface area contributed by atoms with Crippen LogP contribution >= 0.6 is 0 Å². The first kappa shape index (κ1) is 28.3. The number of aryl methyl sites for hydroxylation is 2. The molecule has 7 rings (SSSR count). The second kappa shape index (κ2) is 11.6. The van der Waals surface area contributed by atoms with Crippen LogP contribution in [0.15, 0.2) is 60.8 Å². The van der Waals surface area contributed by atoms with Crippen molar-refractivity contribution in [2.45, 2.75) is 70.8 Å². The van der Waals surface area contributed by atoms with Gasteiger partial charge < -0.3 is 15.3 Å². The fourth-order valence-electron chi connectivity index (χ4n) is 7.15. The summed E-state index contributed by atoms with van der Waals surface area (Å²) in [6, 6.07) is 19.3. The number of carboxylic acids is 1. The predicted molar refractivity (Wildman–Crippen MR) is 170 cm³/mol. The fourth-order valence-corrected chi connectivity index (χ4v) is 7.15. The molecular weight excluding hydrogens is 550 g/mol. The molecule has 1 saturated heterocycles. The maximum Gasteiger partial charge on any atom is 0.339 e. The van der Waals surface area contributed by atoms with E-state index in [9.17, 15) is 14.7 Å². The lowest BCUT2D eigenvalue weighted by Gasteiger charge is -2.32. The van der Waals surface area contributed by atoms with Gasteiger partial charge in [-0.2, -0.15) is 5.10 Å². The number of fused-ring (bicyclic) bond motifs is 1. The summed E-state index contributed by atoms with van der Waals surface area (Å²) < 4.78 is 1.64. The highest BCUT2D eigenvalue weighted by Crippen LogP contribution is 2.41. The Bertz CT molecular complexity index is 1730. The molecule has 0 spiro atoms. The summed E-state index contributed by atoms with van der Waals surface area (Å²) >= 11 is 0. The minimum atomic E-state index is -0.979. The smallest absolute Gasteiger partial charge is 0.339 e. The molecule has 1 atom stereocenters. The molecule has 2 N–H and O–H groups in total. The van der Waals surface area contributed by atoms with E-state index in [2.05, 4.69) is 58.6 Å². The van der Waals surface area contributed by atoms with Gasteiger partial charge in [0.1, 0.15) is 5.56 Å². The molecule has 44 heavy (non-hydrogen) atoms. The van der Waals surface area contributed by atoms with Crippen LogP contribution in [0.1, 0.15) is 89.3 Å². The van der Waals surface area contributed by atoms with Crippen LogP contribution in [0.25, 0.3) is 17.1 Å². The molecule has 1 amide bonds. The molecule has 1 saturated carbocycles. The van der Waals surface area contributed by atoms with Crippen LogP contribution in [0.3, 0.4) is 0 Å². The number of hydrogen-bond donors (Lipinski definition) is 2. The van der Waals surface area contributed by atoms with Gasteiger partial charge in [0.25, 0.3) is 0 Å². The number of amides is 1. The zero-order valence-corrected chi connectivity index (χ0v) is 25.4. The number of carbonyl (C=O) groups excluding carboxylic acids is 1. The van der Waals surface area contributed by atoms with E-state index in [1.54, 1.807) is 4.68 Å². The Balaban J connectivity index is 1.11. The molecule has 2 fully saturated rings. The topological polar surface area (TPSA) is 100 Å². The molecule has 226 valence electrons. The Morgan fingerprint density at radius 2 is 1.80 bits per heavy atom. The number of rotatable bonds is 8. The number of aromatic nitrogens is 3. The molecule has 0 radical (unpaired) electrons. The lowest BCUT2D eigenvalue weighted by Crippen LogP contribution is -2.38. The monoisotopic (exact) mass is 589 g/mol. The average molecular weight is 590 g/mol. The van der Waals surface area contributed by atoms with Crippen molar-refractivity contribution in [3.05, 3.63) is 94.3 Å². The minimum Gasteiger partial charge on any atom is -0.478 e. The van der Waals surface area contributed by atoms with E-state index in [1.165, 1.54) is 28.5 Å². The Hall–Kier alpha value is -4.46. The van der Waals surface area contributed by atoms with E-state index in [4.69, 9.17) is 4.98 Å². The molecule has 3 heterocycles. The number of carbonyl (C=O) groups is 2. The molecule has 3 aliphatic rings. The number of hydrogen-bond acceptors (Lipinski definition) is 5. The zero-order valence-electron chi connectivity index (χ0n) is 25.4. The summed E-state index contributed by atoms with van der Waals surface area (Å²) in [5.74, 6) is 0.807. The van der Waals surface area contributed by atoms with Crippen LogP contribution in [0.4, 0.5) is 5.69 Å². The lowest BCUT2D eigenvalue weighted by atomic mass is 9.88. The molecule has 2 aliphatic carbocycles. The number of pyridine rings is 1. The first-order valence-corrected chi connectivity index (χ1v) is 16.0. The maximum atomic E-state index is 12.5. The predicted octanol–water partition coefficient (Wildman–Crippen LogP) is 6.72. The Morgan fingerprint density at radius 1 is 1.00 bits per heavy atom. The van der Waals surface area contributed by atoms with Gasteiger partial charge in [-0.05, 0) is 98.2 Å². The second-order valence-electron chi connectivity index (χ2n) is 12.5. The summed E-state index contributed by atoms with van der Waals surface area (Å²) in [4.78, 5) is 31.3. The SMILES string of the molecule is CCc1c(C(=O)O)cnn1-c1cccc(-c2cccc3c2C(Nc2ccc(C4CCN(C(=O)C5CC5)CC4)cc2C)CC3)n1. The van der Waals surface area contributed by atoms with Crippen molar-refractivity contribution in [1.82, 2.24) is 19.7 Å². The number of nitrogens with one attached hydrogen (secondary N) is 1. The first-order chi connectivity index (χ1) is 21.4. The van der Waals surface area contributed by atoms with Gasteiger partial charge in [0.2, 0.25) is 5.91 Å². The van der Waals surface area contributed by atoms with Crippen molar-refractivity contribution < 1.29 is 14.7 Å². The summed E-state index contributed by atoms with van der Waals surface area (Å²) in [7, 11) is 0. The van der Waals surface area contributed by atoms with Crippen LogP contribution in [-0.2, 0) is 17.6 Å². The highest BCUT2D eigenvalue weighted by molar-refractivity contribution is 5.88. The largest absolute Gasteiger partial charge is 0.478 e. The van der Waals surface area contributed by atoms with Gasteiger partial charge in [0, 0.05) is 30.3 Å². The number of piperidine rings is 1. The molecule has 1 aliphatic heterocycles. The quantitative estimate of drug-likeness (QED) is 0.237. The van der Waals surface area contributed by atoms with Gasteiger partial charge in [-0.15, -0.1) is 0 Å². The summed E-state index contributed by atoms with van der Waals surface area (Å²) in [6.45, 7) is 5.86. The lowest BCUT2D eigenvalue weighted by molar-refractivity contribution is -0.133. The van der Waals surface area contributed by atoms with E-state index < -0.39 is 5.97 Å². The van der Waals surface area contributed by atoms with E-state index in [0.717, 1.165) is 68.6 Å². The van der Waals surface area contributed by atoms with Crippen molar-refractivity contribution in [2.24, 2.45) is 5.92 Å². The molecule has 8 heteroatoms. The summed E-state index contributed by atoms with van der Waals surface area (Å²) in [5, 5.41) is 17.8. The highest BCUT2D eigenvalue weighted by atomic mass is 16.4. The van der Waals surface area contributed by atoms with Crippen LogP contribution in [-0.4, -0.2) is 49.7 Å². The minimum absolute atomic E-state index is 0.155. The van der Waals surface area contributed by atoms with Gasteiger partial charge in [0.15, 0.2) is 5.82 Å². The third-order valence-electron chi connectivity index (χ3n) is 9.69. The Labute approximate surface area is 258 Å². The molecule has 8 nitrogen and oxygen atoms in total. The van der Waals surface area contributed by atoms with Gasteiger partial charge in [0.05, 0.1) is 23.6 Å².